The van der Waals surface area contributed by atoms with Crippen LogP contribution in [0.1, 0.15) is 18.5 Å². The Morgan fingerprint density at radius 3 is 2.36 bits per heavy atom. The van der Waals surface area contributed by atoms with Crippen molar-refractivity contribution in [3.8, 4) is 17.2 Å². The lowest BCUT2D eigenvalue weighted by Crippen LogP contribution is -2.34. The number of hydrogen-bond acceptors (Lipinski definition) is 6. The van der Waals surface area contributed by atoms with Gasteiger partial charge in [0.2, 0.25) is 5.75 Å². The van der Waals surface area contributed by atoms with Crippen LogP contribution in [0.5, 0.6) is 17.2 Å². The topological polar surface area (TPSA) is 75.3 Å². The van der Waals surface area contributed by atoms with Gasteiger partial charge in [-0.15, -0.1) is 0 Å². The Morgan fingerprint density at radius 1 is 1.28 bits per heavy atom. The maximum absolute atomic E-state index is 12.0. The minimum Gasteiger partial charge on any atom is -0.493 e. The quantitative estimate of drug-likeness (QED) is 0.761. The average Bonchev–Trinajstić information content (AvgIpc) is 3.04. The molecule has 2 atom stereocenters. The first-order valence-corrected chi connectivity index (χ1v) is 8.04. The molecule has 1 heterocycles. The van der Waals surface area contributed by atoms with Crippen molar-refractivity contribution >= 4 is 6.09 Å². The highest BCUT2D eigenvalue weighted by Gasteiger charge is 2.33. The molecule has 1 aromatic rings. The van der Waals surface area contributed by atoms with E-state index in [1.54, 1.807) is 28.3 Å². The SMILES string of the molecule is C=C1COC[C@@H]1[C@@H](NC(=O)OCC)c1cc(OC)c(OC)c(OC)c1. The van der Waals surface area contributed by atoms with Crippen molar-refractivity contribution in [1.82, 2.24) is 5.32 Å². The van der Waals surface area contributed by atoms with Gasteiger partial charge in [-0.25, -0.2) is 4.79 Å². The van der Waals surface area contributed by atoms with Crippen molar-refractivity contribution in [2.24, 2.45) is 5.92 Å². The van der Waals surface area contributed by atoms with E-state index in [0.29, 0.717) is 30.5 Å². The standard InChI is InChI=1S/C18H25NO6/c1-6-25-18(20)19-16(13-10-24-9-11(13)2)12-7-14(21-3)17(23-5)15(8-12)22-4/h7-8,13,16H,2,6,9-10H2,1,3-5H3,(H,19,20)/t13-,16-/m0/s1. The summed E-state index contributed by atoms with van der Waals surface area (Å²) in [6, 6.07) is 3.23. The Morgan fingerprint density at radius 2 is 1.92 bits per heavy atom. The van der Waals surface area contributed by atoms with E-state index in [4.69, 9.17) is 23.7 Å². The average molecular weight is 351 g/mol. The third-order valence-corrected chi connectivity index (χ3v) is 4.11. The number of benzene rings is 1. The molecule has 0 spiro atoms. The highest BCUT2D eigenvalue weighted by Crippen LogP contribution is 2.42. The Hall–Kier alpha value is -2.41. The van der Waals surface area contributed by atoms with Crippen LogP contribution in [0.4, 0.5) is 4.79 Å². The van der Waals surface area contributed by atoms with Crippen molar-refractivity contribution in [3.63, 3.8) is 0 Å². The van der Waals surface area contributed by atoms with Gasteiger partial charge in [-0.2, -0.15) is 0 Å². The van der Waals surface area contributed by atoms with E-state index in [1.807, 2.05) is 12.1 Å². The van der Waals surface area contributed by atoms with Crippen LogP contribution in [-0.2, 0) is 9.47 Å². The number of carbonyl (C=O) groups is 1. The van der Waals surface area contributed by atoms with Gasteiger partial charge in [-0.05, 0) is 30.2 Å². The van der Waals surface area contributed by atoms with Crippen LogP contribution in [-0.4, -0.2) is 47.2 Å². The van der Waals surface area contributed by atoms with Crippen LogP contribution in [0, 0.1) is 5.92 Å². The number of alkyl carbamates (subject to hydrolysis) is 1. The molecule has 0 saturated carbocycles. The molecule has 1 aromatic carbocycles. The Kier molecular flexibility index (Phi) is 6.52. The van der Waals surface area contributed by atoms with Gasteiger partial charge >= 0.3 is 6.09 Å². The lowest BCUT2D eigenvalue weighted by atomic mass is 9.89. The number of nitrogens with one attached hydrogen (secondary N) is 1. The van der Waals surface area contributed by atoms with Crippen LogP contribution in [0.3, 0.4) is 0 Å². The molecular formula is C18H25NO6. The summed E-state index contributed by atoms with van der Waals surface area (Å²) in [6.07, 6.45) is -0.499. The first-order valence-electron chi connectivity index (χ1n) is 8.04. The molecule has 0 aromatic heterocycles. The minimum atomic E-state index is -0.499. The Labute approximate surface area is 147 Å². The molecule has 1 saturated heterocycles. The molecule has 1 N–H and O–H groups in total. The fourth-order valence-electron chi connectivity index (χ4n) is 2.87. The highest BCUT2D eigenvalue weighted by atomic mass is 16.5. The fourth-order valence-corrected chi connectivity index (χ4v) is 2.87. The molecule has 1 aliphatic heterocycles. The lowest BCUT2D eigenvalue weighted by molar-refractivity contribution is 0.139. The molecule has 0 unspecified atom stereocenters. The smallest absolute Gasteiger partial charge is 0.407 e. The maximum Gasteiger partial charge on any atom is 0.407 e. The molecule has 138 valence electrons. The van der Waals surface area contributed by atoms with Crippen molar-refractivity contribution in [2.45, 2.75) is 13.0 Å². The Bertz CT molecular complexity index is 605. The van der Waals surface area contributed by atoms with Gasteiger partial charge in [-0.3, -0.25) is 0 Å². The number of carbonyl (C=O) groups excluding carboxylic acids is 1. The van der Waals surface area contributed by atoms with Crippen molar-refractivity contribution in [3.05, 3.63) is 29.8 Å². The molecule has 0 radical (unpaired) electrons. The zero-order valence-electron chi connectivity index (χ0n) is 15.1. The van der Waals surface area contributed by atoms with Gasteiger partial charge in [0.25, 0.3) is 0 Å². The maximum atomic E-state index is 12.0. The molecular weight excluding hydrogens is 326 g/mol. The zero-order chi connectivity index (χ0) is 18.4. The van der Waals surface area contributed by atoms with E-state index in [2.05, 4.69) is 11.9 Å². The predicted octanol–water partition coefficient (Wildman–Crippen LogP) is 2.70. The van der Waals surface area contributed by atoms with Crippen LogP contribution in [0.25, 0.3) is 0 Å². The number of rotatable bonds is 7. The summed E-state index contributed by atoms with van der Waals surface area (Å²) in [4.78, 5) is 12.0. The van der Waals surface area contributed by atoms with Crippen LogP contribution < -0.4 is 19.5 Å². The molecule has 7 heteroatoms. The molecule has 1 amide bonds. The predicted molar refractivity (Wildman–Crippen MR) is 92.4 cm³/mol. The third-order valence-electron chi connectivity index (χ3n) is 4.11. The first kappa shape index (κ1) is 18.9. The summed E-state index contributed by atoms with van der Waals surface area (Å²) in [5.74, 6) is 1.44. The second kappa shape index (κ2) is 8.62. The lowest BCUT2D eigenvalue weighted by Gasteiger charge is -2.26. The fraction of sp³-hybridized carbons (Fsp3) is 0.500. The second-order valence-electron chi connectivity index (χ2n) is 5.58. The van der Waals surface area contributed by atoms with E-state index >= 15 is 0 Å². The zero-order valence-corrected chi connectivity index (χ0v) is 15.1. The Balaban J connectivity index is 2.45. The molecule has 1 fully saturated rings. The molecule has 1 aliphatic rings. The van der Waals surface area contributed by atoms with E-state index < -0.39 is 6.09 Å². The number of hydrogen-bond donors (Lipinski definition) is 1. The molecule has 2 rings (SSSR count). The van der Waals surface area contributed by atoms with Gasteiger partial charge < -0.3 is 29.0 Å². The van der Waals surface area contributed by atoms with Crippen LogP contribution in [0.15, 0.2) is 24.3 Å². The summed E-state index contributed by atoms with van der Waals surface area (Å²) in [5.41, 5.74) is 1.70. The summed E-state index contributed by atoms with van der Waals surface area (Å²) in [7, 11) is 4.64. The van der Waals surface area contributed by atoms with Gasteiger partial charge in [0, 0.05) is 5.92 Å². The highest BCUT2D eigenvalue weighted by molar-refractivity contribution is 5.68. The monoisotopic (exact) mass is 351 g/mol. The third kappa shape index (κ3) is 4.17. The van der Waals surface area contributed by atoms with Crippen LogP contribution in [0.2, 0.25) is 0 Å². The van der Waals surface area contributed by atoms with E-state index in [9.17, 15) is 4.79 Å². The first-order chi connectivity index (χ1) is 12.0. The summed E-state index contributed by atoms with van der Waals surface area (Å²) in [6.45, 7) is 7.03. The van der Waals surface area contributed by atoms with Gasteiger partial charge in [0.1, 0.15) is 0 Å². The van der Waals surface area contributed by atoms with E-state index in [0.717, 1.165) is 11.1 Å². The van der Waals surface area contributed by atoms with Crippen LogP contribution >= 0.6 is 0 Å². The van der Waals surface area contributed by atoms with E-state index in [-0.39, 0.29) is 18.6 Å². The second-order valence-corrected chi connectivity index (χ2v) is 5.58. The largest absolute Gasteiger partial charge is 0.493 e. The van der Waals surface area contributed by atoms with Crippen molar-refractivity contribution < 1.29 is 28.5 Å². The van der Waals surface area contributed by atoms with Gasteiger partial charge in [0.15, 0.2) is 11.5 Å². The summed E-state index contributed by atoms with van der Waals surface area (Å²) in [5, 5.41) is 2.89. The van der Waals surface area contributed by atoms with Gasteiger partial charge in [0.05, 0.1) is 47.2 Å². The molecule has 0 bridgehead atoms. The van der Waals surface area contributed by atoms with Crippen molar-refractivity contribution in [1.29, 1.82) is 0 Å². The molecule has 7 nitrogen and oxygen atoms in total. The molecule has 25 heavy (non-hydrogen) atoms. The minimum absolute atomic E-state index is 0.0767. The summed E-state index contributed by atoms with van der Waals surface area (Å²) < 4.78 is 26.7. The number of methoxy groups -OCH3 is 3. The van der Waals surface area contributed by atoms with E-state index in [1.165, 1.54) is 0 Å². The number of amides is 1. The normalized spacial score (nSPS) is 17.8. The van der Waals surface area contributed by atoms with Gasteiger partial charge in [-0.1, -0.05) is 6.58 Å². The van der Waals surface area contributed by atoms with Crippen molar-refractivity contribution in [2.75, 3.05) is 41.2 Å². The molecule has 0 aliphatic carbocycles. The number of ether oxygens (including phenoxy) is 5. The summed E-state index contributed by atoms with van der Waals surface area (Å²) >= 11 is 0.